The van der Waals surface area contributed by atoms with Crippen LogP contribution >= 0.6 is 11.6 Å². The van der Waals surface area contributed by atoms with Gasteiger partial charge in [0.25, 0.3) is 0 Å². The molecule has 0 unspecified atom stereocenters. The molecule has 1 aliphatic rings. The zero-order chi connectivity index (χ0) is 10.3. The molecule has 0 amide bonds. The molecule has 1 aliphatic heterocycles. The topological polar surface area (TPSA) is 60.2 Å². The fourth-order valence-corrected chi connectivity index (χ4v) is 3.54. The molecule has 1 aromatic rings. The predicted octanol–water partition coefficient (Wildman–Crippen LogP) is 1.52. The Hall–Kier alpha value is -0.580. The van der Waals surface area contributed by atoms with Gasteiger partial charge in [-0.05, 0) is 24.1 Å². The average molecular weight is 232 g/mol. The molecule has 5 heteroatoms. The SMILES string of the molecule is N[C@@H]1CCS(=O)(=O)c2cc(Cl)ccc21. The Labute approximate surface area is 87.8 Å². The van der Waals surface area contributed by atoms with Crippen molar-refractivity contribution in [1.29, 1.82) is 0 Å². The summed E-state index contributed by atoms with van der Waals surface area (Å²) in [7, 11) is -3.16. The molecule has 0 radical (unpaired) electrons. The third-order valence-electron chi connectivity index (χ3n) is 2.41. The van der Waals surface area contributed by atoms with Gasteiger partial charge in [-0.1, -0.05) is 17.7 Å². The van der Waals surface area contributed by atoms with Gasteiger partial charge in [-0.3, -0.25) is 0 Å². The van der Waals surface area contributed by atoms with Crippen molar-refractivity contribution in [3.8, 4) is 0 Å². The summed E-state index contributed by atoms with van der Waals surface area (Å²) in [6.45, 7) is 0. The lowest BCUT2D eigenvalue weighted by molar-refractivity contribution is 0.569. The molecule has 2 N–H and O–H groups in total. The minimum Gasteiger partial charge on any atom is -0.324 e. The maximum absolute atomic E-state index is 11.7. The summed E-state index contributed by atoms with van der Waals surface area (Å²) < 4.78 is 23.3. The molecule has 3 nitrogen and oxygen atoms in total. The Morgan fingerprint density at radius 2 is 2.14 bits per heavy atom. The van der Waals surface area contributed by atoms with Gasteiger partial charge in [0.05, 0.1) is 10.6 Å². The molecule has 0 spiro atoms. The van der Waals surface area contributed by atoms with E-state index in [-0.39, 0.29) is 11.8 Å². The van der Waals surface area contributed by atoms with Crippen LogP contribution in [0.4, 0.5) is 0 Å². The standard InChI is InChI=1S/C9H10ClNO2S/c10-6-1-2-7-8(11)3-4-14(12,13)9(7)5-6/h1-2,5,8H,3-4,11H2/t8-/m1/s1. The van der Waals surface area contributed by atoms with Crippen molar-refractivity contribution in [2.24, 2.45) is 5.73 Å². The highest BCUT2D eigenvalue weighted by Crippen LogP contribution is 2.32. The molecule has 0 fully saturated rings. The molecule has 0 bridgehead atoms. The predicted molar refractivity (Wildman–Crippen MR) is 55.1 cm³/mol. The Balaban J connectivity index is 2.70. The van der Waals surface area contributed by atoms with Crippen LogP contribution in [0.3, 0.4) is 0 Å². The van der Waals surface area contributed by atoms with Gasteiger partial charge in [0.1, 0.15) is 0 Å². The third kappa shape index (κ3) is 1.54. The number of hydrogen-bond acceptors (Lipinski definition) is 3. The lowest BCUT2D eigenvalue weighted by Gasteiger charge is -2.22. The first-order valence-electron chi connectivity index (χ1n) is 4.28. The Bertz CT molecular complexity index is 470. The minimum absolute atomic E-state index is 0.113. The highest BCUT2D eigenvalue weighted by molar-refractivity contribution is 7.91. The van der Waals surface area contributed by atoms with E-state index in [1.54, 1.807) is 12.1 Å². The lowest BCUT2D eigenvalue weighted by atomic mass is 10.1. The van der Waals surface area contributed by atoms with E-state index in [0.717, 1.165) is 0 Å². The van der Waals surface area contributed by atoms with E-state index in [0.29, 0.717) is 21.9 Å². The number of hydrogen-bond donors (Lipinski definition) is 1. The number of halogens is 1. The first-order valence-corrected chi connectivity index (χ1v) is 6.31. The van der Waals surface area contributed by atoms with E-state index in [1.807, 2.05) is 0 Å². The van der Waals surface area contributed by atoms with Gasteiger partial charge in [-0.15, -0.1) is 0 Å². The molecule has 1 aromatic carbocycles. The summed E-state index contributed by atoms with van der Waals surface area (Å²) in [4.78, 5) is 0.295. The summed E-state index contributed by atoms with van der Waals surface area (Å²) in [6.07, 6.45) is 0.483. The van der Waals surface area contributed by atoms with E-state index in [4.69, 9.17) is 17.3 Å². The molecular formula is C9H10ClNO2S. The minimum atomic E-state index is -3.16. The van der Waals surface area contributed by atoms with Gasteiger partial charge in [0.15, 0.2) is 9.84 Å². The first kappa shape index (κ1) is 9.96. The van der Waals surface area contributed by atoms with Gasteiger partial charge in [-0.25, -0.2) is 8.42 Å². The Kier molecular flexibility index (Phi) is 2.29. The van der Waals surface area contributed by atoms with Crippen LogP contribution in [-0.4, -0.2) is 14.2 Å². The summed E-state index contributed by atoms with van der Waals surface area (Å²) in [5.41, 5.74) is 6.49. The molecular weight excluding hydrogens is 222 g/mol. The summed E-state index contributed by atoms with van der Waals surface area (Å²) in [5.74, 6) is 0.113. The van der Waals surface area contributed by atoms with Crippen LogP contribution in [0.2, 0.25) is 5.02 Å². The van der Waals surface area contributed by atoms with Gasteiger partial charge in [0, 0.05) is 11.1 Å². The second kappa shape index (κ2) is 3.22. The van der Waals surface area contributed by atoms with Gasteiger partial charge in [-0.2, -0.15) is 0 Å². The monoisotopic (exact) mass is 231 g/mol. The largest absolute Gasteiger partial charge is 0.324 e. The van der Waals surface area contributed by atoms with Crippen molar-refractivity contribution in [2.75, 3.05) is 5.75 Å². The second-order valence-corrected chi connectivity index (χ2v) is 5.91. The quantitative estimate of drug-likeness (QED) is 0.737. The summed E-state index contributed by atoms with van der Waals surface area (Å²) in [6, 6.07) is 4.65. The van der Waals surface area contributed by atoms with Crippen molar-refractivity contribution in [2.45, 2.75) is 17.4 Å². The lowest BCUT2D eigenvalue weighted by Crippen LogP contribution is -2.24. The van der Waals surface area contributed by atoms with Crippen LogP contribution in [0.1, 0.15) is 18.0 Å². The first-order chi connectivity index (χ1) is 6.50. The molecule has 0 saturated heterocycles. The smallest absolute Gasteiger partial charge is 0.178 e. The number of rotatable bonds is 0. The van der Waals surface area contributed by atoms with Gasteiger partial charge < -0.3 is 5.73 Å². The number of nitrogens with two attached hydrogens (primary N) is 1. The fourth-order valence-electron chi connectivity index (χ4n) is 1.63. The van der Waals surface area contributed by atoms with E-state index in [2.05, 4.69) is 0 Å². The van der Waals surface area contributed by atoms with E-state index in [1.165, 1.54) is 6.07 Å². The fraction of sp³-hybridized carbons (Fsp3) is 0.333. The van der Waals surface area contributed by atoms with Crippen LogP contribution < -0.4 is 5.73 Å². The highest BCUT2D eigenvalue weighted by Gasteiger charge is 2.28. The zero-order valence-corrected chi connectivity index (χ0v) is 8.98. The van der Waals surface area contributed by atoms with Crippen LogP contribution in [0.5, 0.6) is 0 Å². The maximum Gasteiger partial charge on any atom is 0.178 e. The average Bonchev–Trinajstić information content (AvgIpc) is 2.12. The zero-order valence-electron chi connectivity index (χ0n) is 7.40. The molecule has 76 valence electrons. The second-order valence-electron chi connectivity index (χ2n) is 3.40. The van der Waals surface area contributed by atoms with Crippen molar-refractivity contribution < 1.29 is 8.42 Å². The highest BCUT2D eigenvalue weighted by atomic mass is 35.5. The Morgan fingerprint density at radius 3 is 2.86 bits per heavy atom. The van der Waals surface area contributed by atoms with Crippen LogP contribution in [-0.2, 0) is 9.84 Å². The normalized spacial score (nSPS) is 24.3. The van der Waals surface area contributed by atoms with E-state index >= 15 is 0 Å². The van der Waals surface area contributed by atoms with Crippen LogP contribution in [0, 0.1) is 0 Å². The number of fused-ring (bicyclic) bond motifs is 1. The van der Waals surface area contributed by atoms with E-state index in [9.17, 15) is 8.42 Å². The van der Waals surface area contributed by atoms with Crippen molar-refractivity contribution in [3.63, 3.8) is 0 Å². The summed E-state index contributed by atoms with van der Waals surface area (Å²) in [5, 5.41) is 0.432. The molecule has 14 heavy (non-hydrogen) atoms. The molecule has 0 saturated carbocycles. The number of sulfone groups is 1. The van der Waals surface area contributed by atoms with Crippen molar-refractivity contribution in [3.05, 3.63) is 28.8 Å². The number of benzene rings is 1. The van der Waals surface area contributed by atoms with Gasteiger partial charge >= 0.3 is 0 Å². The molecule has 1 heterocycles. The van der Waals surface area contributed by atoms with Crippen LogP contribution in [0.15, 0.2) is 23.1 Å². The third-order valence-corrected chi connectivity index (χ3v) is 4.44. The molecule has 0 aliphatic carbocycles. The molecule has 2 rings (SSSR count). The maximum atomic E-state index is 11.7. The van der Waals surface area contributed by atoms with Crippen molar-refractivity contribution in [1.82, 2.24) is 0 Å². The van der Waals surface area contributed by atoms with E-state index < -0.39 is 9.84 Å². The summed E-state index contributed by atoms with van der Waals surface area (Å²) >= 11 is 5.75. The van der Waals surface area contributed by atoms with Crippen LogP contribution in [0.25, 0.3) is 0 Å². The molecule has 1 atom stereocenters. The molecule has 0 aromatic heterocycles. The van der Waals surface area contributed by atoms with Gasteiger partial charge in [0.2, 0.25) is 0 Å². The van der Waals surface area contributed by atoms with Crippen molar-refractivity contribution >= 4 is 21.4 Å². The Morgan fingerprint density at radius 1 is 1.43 bits per heavy atom.